The highest BCUT2D eigenvalue weighted by Crippen LogP contribution is 2.20. The molecule has 0 saturated carbocycles. The van der Waals surface area contributed by atoms with Gasteiger partial charge in [-0.1, -0.05) is 19.1 Å². The van der Waals surface area contributed by atoms with Crippen LogP contribution < -0.4 is 10.1 Å². The largest absolute Gasteiger partial charge is 0.497 e. The number of likely N-dealkylation sites (tertiary alicyclic amines) is 1. The molecule has 1 atom stereocenters. The molecule has 0 spiro atoms. The van der Waals surface area contributed by atoms with Crippen LogP contribution in [0.3, 0.4) is 0 Å². The first-order valence-corrected chi connectivity index (χ1v) is 8.96. The molecule has 1 amide bonds. The Morgan fingerprint density at radius 2 is 2.16 bits per heavy atom. The molecular weight excluding hydrogens is 314 g/mol. The first-order chi connectivity index (χ1) is 12.2. The molecule has 0 radical (unpaired) electrons. The van der Waals surface area contributed by atoms with Gasteiger partial charge in [-0.2, -0.15) is 5.26 Å². The van der Waals surface area contributed by atoms with E-state index in [1.807, 2.05) is 30.3 Å². The molecule has 134 valence electrons. The fraction of sp³-hybridized carbons (Fsp3) is 0.500. The average molecular weight is 341 g/mol. The molecule has 25 heavy (non-hydrogen) atoms. The van der Waals surface area contributed by atoms with Crippen LogP contribution in [-0.4, -0.2) is 37.0 Å². The summed E-state index contributed by atoms with van der Waals surface area (Å²) in [6, 6.07) is 10.2. The molecule has 1 unspecified atom stereocenters. The van der Waals surface area contributed by atoms with Crippen molar-refractivity contribution in [1.82, 2.24) is 10.2 Å². The molecule has 1 fully saturated rings. The highest BCUT2D eigenvalue weighted by Gasteiger charge is 2.20. The summed E-state index contributed by atoms with van der Waals surface area (Å²) in [6.45, 7) is 3.57. The van der Waals surface area contributed by atoms with Crippen LogP contribution in [0.25, 0.3) is 0 Å². The number of piperidine rings is 1. The predicted octanol–water partition coefficient (Wildman–Crippen LogP) is 3.03. The van der Waals surface area contributed by atoms with E-state index in [1.54, 1.807) is 13.3 Å². The van der Waals surface area contributed by atoms with E-state index in [0.717, 1.165) is 43.5 Å². The van der Waals surface area contributed by atoms with Crippen molar-refractivity contribution in [3.8, 4) is 11.8 Å². The molecule has 1 aliphatic heterocycles. The van der Waals surface area contributed by atoms with E-state index in [-0.39, 0.29) is 11.5 Å². The molecule has 0 aromatic heterocycles. The molecule has 1 aliphatic rings. The molecule has 1 heterocycles. The third-order valence-corrected chi connectivity index (χ3v) is 4.66. The molecule has 2 rings (SSSR count). The SMILES string of the molecule is CCC1CCCCN1/C=C(/C#N)C(=O)NCCc1ccc(OC)cc1. The number of carbonyl (C=O) groups excluding carboxylic acids is 1. The first-order valence-electron chi connectivity index (χ1n) is 8.96. The Kier molecular flexibility index (Phi) is 7.34. The standard InChI is InChI=1S/C20H27N3O2/c1-3-18-6-4-5-13-23(18)15-17(14-21)20(24)22-12-11-16-7-9-19(25-2)10-8-16/h7-10,15,18H,3-6,11-13H2,1-2H3,(H,22,24)/b17-15-. The van der Waals surface area contributed by atoms with Crippen molar-refractivity contribution in [2.75, 3.05) is 20.2 Å². The van der Waals surface area contributed by atoms with Crippen LogP contribution in [0, 0.1) is 11.3 Å². The van der Waals surface area contributed by atoms with Crippen LogP contribution in [0.5, 0.6) is 5.75 Å². The van der Waals surface area contributed by atoms with Gasteiger partial charge in [-0.3, -0.25) is 4.79 Å². The third kappa shape index (κ3) is 5.53. The maximum atomic E-state index is 12.3. The molecule has 0 aliphatic carbocycles. The summed E-state index contributed by atoms with van der Waals surface area (Å²) in [6.07, 6.45) is 6.97. The van der Waals surface area contributed by atoms with E-state index in [9.17, 15) is 10.1 Å². The van der Waals surface area contributed by atoms with Crippen LogP contribution >= 0.6 is 0 Å². The fourth-order valence-corrected chi connectivity index (χ4v) is 3.14. The number of nitrogens with zero attached hydrogens (tertiary/aromatic N) is 2. The summed E-state index contributed by atoms with van der Waals surface area (Å²) in [4.78, 5) is 14.4. The number of methoxy groups -OCH3 is 1. The molecule has 1 saturated heterocycles. The molecule has 5 nitrogen and oxygen atoms in total. The van der Waals surface area contributed by atoms with Gasteiger partial charge in [-0.15, -0.1) is 0 Å². The first kappa shape index (κ1) is 18.9. The summed E-state index contributed by atoms with van der Waals surface area (Å²) in [5.74, 6) is 0.519. The van der Waals surface area contributed by atoms with Crippen molar-refractivity contribution in [3.63, 3.8) is 0 Å². The smallest absolute Gasteiger partial charge is 0.263 e. The quantitative estimate of drug-likeness (QED) is 0.611. The number of rotatable bonds is 7. The second-order valence-electron chi connectivity index (χ2n) is 6.30. The third-order valence-electron chi connectivity index (χ3n) is 4.66. The lowest BCUT2D eigenvalue weighted by molar-refractivity contribution is -0.117. The van der Waals surface area contributed by atoms with E-state index in [1.165, 1.54) is 6.42 Å². The van der Waals surface area contributed by atoms with E-state index in [4.69, 9.17) is 4.74 Å². The van der Waals surface area contributed by atoms with Crippen molar-refractivity contribution in [2.24, 2.45) is 0 Å². The highest BCUT2D eigenvalue weighted by molar-refractivity contribution is 5.97. The van der Waals surface area contributed by atoms with E-state index in [0.29, 0.717) is 12.6 Å². The van der Waals surface area contributed by atoms with Crippen LogP contribution in [-0.2, 0) is 11.2 Å². The van der Waals surface area contributed by atoms with E-state index in [2.05, 4.69) is 17.1 Å². The van der Waals surface area contributed by atoms with Gasteiger partial charge in [0.25, 0.3) is 5.91 Å². The Morgan fingerprint density at radius 1 is 1.40 bits per heavy atom. The summed E-state index contributed by atoms with van der Waals surface area (Å²) in [7, 11) is 1.64. The summed E-state index contributed by atoms with van der Waals surface area (Å²) in [5, 5.41) is 12.2. The lowest BCUT2D eigenvalue weighted by Gasteiger charge is -2.34. The Hall–Kier alpha value is -2.48. The second-order valence-corrected chi connectivity index (χ2v) is 6.30. The number of nitrogens with one attached hydrogen (secondary N) is 1. The topological polar surface area (TPSA) is 65.4 Å². The maximum absolute atomic E-state index is 12.3. The highest BCUT2D eigenvalue weighted by atomic mass is 16.5. The number of benzene rings is 1. The molecule has 5 heteroatoms. The Bertz CT molecular complexity index is 631. The van der Waals surface area contributed by atoms with Gasteiger partial charge in [-0.05, 0) is 49.8 Å². The zero-order valence-corrected chi connectivity index (χ0v) is 15.1. The number of nitriles is 1. The zero-order valence-electron chi connectivity index (χ0n) is 15.1. The van der Waals surface area contributed by atoms with Gasteiger partial charge in [0.1, 0.15) is 17.4 Å². The summed E-state index contributed by atoms with van der Waals surface area (Å²) in [5.41, 5.74) is 1.31. The predicted molar refractivity (Wildman–Crippen MR) is 98.0 cm³/mol. The Balaban J connectivity index is 1.88. The number of amides is 1. The van der Waals surface area contributed by atoms with Gasteiger partial charge in [-0.25, -0.2) is 0 Å². The van der Waals surface area contributed by atoms with Crippen molar-refractivity contribution < 1.29 is 9.53 Å². The van der Waals surface area contributed by atoms with Crippen molar-refractivity contribution in [2.45, 2.75) is 45.1 Å². The fourth-order valence-electron chi connectivity index (χ4n) is 3.14. The Morgan fingerprint density at radius 3 is 2.80 bits per heavy atom. The van der Waals surface area contributed by atoms with Gasteiger partial charge >= 0.3 is 0 Å². The minimum atomic E-state index is -0.295. The van der Waals surface area contributed by atoms with Gasteiger partial charge in [0.15, 0.2) is 0 Å². The average Bonchev–Trinajstić information content (AvgIpc) is 2.66. The van der Waals surface area contributed by atoms with Gasteiger partial charge in [0, 0.05) is 25.3 Å². The van der Waals surface area contributed by atoms with Crippen LogP contribution in [0.1, 0.15) is 38.2 Å². The summed E-state index contributed by atoms with van der Waals surface area (Å²) < 4.78 is 5.13. The van der Waals surface area contributed by atoms with Gasteiger partial charge < -0.3 is 15.0 Å². The number of ether oxygens (including phenoxy) is 1. The van der Waals surface area contributed by atoms with Crippen molar-refractivity contribution >= 4 is 5.91 Å². The van der Waals surface area contributed by atoms with Gasteiger partial charge in [0.05, 0.1) is 7.11 Å². The minimum Gasteiger partial charge on any atom is -0.497 e. The number of hydrogen-bond acceptors (Lipinski definition) is 4. The number of carbonyl (C=O) groups is 1. The van der Waals surface area contributed by atoms with Gasteiger partial charge in [0.2, 0.25) is 0 Å². The van der Waals surface area contributed by atoms with Crippen molar-refractivity contribution in [3.05, 3.63) is 41.6 Å². The minimum absolute atomic E-state index is 0.190. The molecule has 1 N–H and O–H groups in total. The molecule has 1 aromatic rings. The van der Waals surface area contributed by atoms with E-state index >= 15 is 0 Å². The number of hydrogen-bond donors (Lipinski definition) is 1. The van der Waals surface area contributed by atoms with Crippen molar-refractivity contribution in [1.29, 1.82) is 5.26 Å². The van der Waals surface area contributed by atoms with Crippen LogP contribution in [0.15, 0.2) is 36.0 Å². The monoisotopic (exact) mass is 341 g/mol. The molecule has 0 bridgehead atoms. The maximum Gasteiger partial charge on any atom is 0.263 e. The van der Waals surface area contributed by atoms with Crippen LogP contribution in [0.4, 0.5) is 0 Å². The second kappa shape index (κ2) is 9.73. The Labute approximate surface area is 150 Å². The van der Waals surface area contributed by atoms with Crippen LogP contribution in [0.2, 0.25) is 0 Å². The molecule has 1 aromatic carbocycles. The summed E-state index contributed by atoms with van der Waals surface area (Å²) >= 11 is 0. The lowest BCUT2D eigenvalue weighted by atomic mass is 10.0. The lowest BCUT2D eigenvalue weighted by Crippen LogP contribution is -2.36. The van der Waals surface area contributed by atoms with E-state index < -0.39 is 0 Å². The normalized spacial score (nSPS) is 17.7. The molecular formula is C20H27N3O2. The zero-order chi connectivity index (χ0) is 18.1.